The van der Waals surface area contributed by atoms with Gasteiger partial charge in [0.15, 0.2) is 0 Å². The third kappa shape index (κ3) is 7.02. The highest BCUT2D eigenvalue weighted by Crippen LogP contribution is 2.56. The van der Waals surface area contributed by atoms with Crippen LogP contribution in [-0.4, -0.2) is 24.8 Å². The fourth-order valence-electron chi connectivity index (χ4n) is 14.3. The summed E-state index contributed by atoms with van der Waals surface area (Å²) in [5, 5.41) is 26.5. The lowest BCUT2D eigenvalue weighted by Crippen LogP contribution is -2.35. The fourth-order valence-corrected chi connectivity index (χ4v) is 16.6. The molecule has 0 aliphatic rings. The third-order valence-electron chi connectivity index (χ3n) is 17.4. The summed E-state index contributed by atoms with van der Waals surface area (Å²) in [6, 6.07) is 50.1. The summed E-state index contributed by atoms with van der Waals surface area (Å²) in [5.41, 5.74) is 2.55. The number of carbonyl (C=O) groups is 1. The summed E-state index contributed by atoms with van der Waals surface area (Å²) >= 11 is 57.0. The molecule has 14 aromatic carbocycles. The van der Waals surface area contributed by atoms with Gasteiger partial charge in [0.1, 0.15) is 6.54 Å². The van der Waals surface area contributed by atoms with Gasteiger partial charge in [0, 0.05) is 138 Å². The van der Waals surface area contributed by atoms with Crippen LogP contribution in [0.5, 0.6) is 0 Å². The Kier molecular flexibility index (Phi) is 11.5. The number of carboxylic acid groups (broad SMARTS) is 1. The van der Waals surface area contributed by atoms with Crippen LogP contribution in [0.25, 0.3) is 163 Å². The summed E-state index contributed by atoms with van der Waals surface area (Å²) in [4.78, 5) is 64.5. The van der Waals surface area contributed by atoms with Gasteiger partial charge < -0.3 is 18.7 Å². The van der Waals surface area contributed by atoms with E-state index in [1.807, 2.05) is 97.1 Å². The van der Waals surface area contributed by atoms with E-state index in [-0.39, 0.29) is 31.6 Å². The van der Waals surface area contributed by atoms with E-state index in [4.69, 9.17) is 97.2 Å². The molecule has 18 heteroatoms. The molecule has 422 valence electrons. The van der Waals surface area contributed by atoms with Crippen molar-refractivity contribution in [3.8, 4) is 11.4 Å². The van der Waals surface area contributed by atoms with E-state index in [1.165, 1.54) is 12.1 Å². The molecule has 88 heavy (non-hydrogen) atoms. The monoisotopic (exact) mass is 1300 g/mol. The molecule has 0 radical (unpaired) electrons. The normalized spacial score (nSPS) is 12.4. The standard InChI is InChI=1S/C36H16Cl4N2O4.C34H13Cl4NO3/c37-20-10-17-16-8-4-5-9-24(16)42(15-6-2-1-3-7-15)25-13-23(40)32-30-22(39)12-19-27-18(35(45)41(36(19)46)14-26(43)44)11-21(38)29(33(27)30)31(20)34(32)28(17)25;35-19-10-16-15-8-4-5-9-23(15)39(14-6-2-1-3-7-14)24-13-22(38)30-28-21(37)12-18-25-17(33(40)42-34(18)41)11-20(36)27(31(25)28)29(19)32(30)26(16)24/h1-13H,14H2,(H,43,44);1-13H. The molecule has 0 aliphatic carbocycles. The molecule has 0 unspecified atom stereocenters. The van der Waals surface area contributed by atoms with Crippen molar-refractivity contribution in [1.29, 1.82) is 0 Å². The molecule has 18 aromatic rings. The summed E-state index contributed by atoms with van der Waals surface area (Å²) in [7, 11) is 0. The molecule has 0 bridgehead atoms. The van der Waals surface area contributed by atoms with Crippen LogP contribution in [0.3, 0.4) is 0 Å². The number of aliphatic carboxylic acids is 1. The van der Waals surface area contributed by atoms with Crippen LogP contribution < -0.4 is 22.4 Å². The minimum absolute atomic E-state index is 0.1000. The van der Waals surface area contributed by atoms with E-state index in [0.29, 0.717) is 99.3 Å². The van der Waals surface area contributed by atoms with Crippen LogP contribution in [0.1, 0.15) is 0 Å². The maximum atomic E-state index is 13.6. The Labute approximate surface area is 531 Å². The van der Waals surface area contributed by atoms with Gasteiger partial charge in [0.25, 0.3) is 11.1 Å². The highest BCUT2D eigenvalue weighted by atomic mass is 35.5. The average molecular weight is 1310 g/mol. The fraction of sp³-hybridized carbons (Fsp3) is 0.0143. The largest absolute Gasteiger partial charge is 0.480 e. The topological polar surface area (TPSA) is 134 Å². The van der Waals surface area contributed by atoms with Gasteiger partial charge in [0.2, 0.25) is 0 Å². The van der Waals surface area contributed by atoms with Gasteiger partial charge in [-0.25, -0.2) is 9.59 Å². The number of hydrogen-bond acceptors (Lipinski definition) is 6. The van der Waals surface area contributed by atoms with Gasteiger partial charge in [-0.1, -0.05) is 166 Å². The Balaban J connectivity index is 0.000000137. The SMILES string of the molecule is O=C(O)Cn1c(=O)c2cc(Cl)c3c4c(Cl)cc5c6ccccc6n(-c6ccccc6)c6cc(Cl)c(c7c(Cl)cc(c1=O)c2c37)c4c56.O=c1oc(=O)c2cc(Cl)c3c4c(Cl)cc5c6c(cc(Cl)c(c7c(Cl)cc1c2c73)c46)c1ccccc1n5-c1ccccc1. The summed E-state index contributed by atoms with van der Waals surface area (Å²) < 4.78 is 10.1. The molecule has 4 heterocycles. The van der Waals surface area contributed by atoms with E-state index in [1.54, 1.807) is 12.1 Å². The van der Waals surface area contributed by atoms with Gasteiger partial charge >= 0.3 is 17.2 Å². The Morgan fingerprint density at radius 3 is 0.977 bits per heavy atom. The van der Waals surface area contributed by atoms with Crippen LogP contribution >= 0.6 is 92.8 Å². The first-order valence-electron chi connectivity index (χ1n) is 27.2. The zero-order valence-corrected chi connectivity index (χ0v) is 50.5. The lowest BCUT2D eigenvalue weighted by atomic mass is 9.85. The molecule has 0 aliphatic heterocycles. The van der Waals surface area contributed by atoms with E-state index in [9.17, 15) is 29.1 Å². The second-order valence-electron chi connectivity index (χ2n) is 21.8. The van der Waals surface area contributed by atoms with E-state index < -0.39 is 34.9 Å². The molecule has 0 atom stereocenters. The number of para-hydroxylation sites is 4. The molecule has 0 spiro atoms. The highest BCUT2D eigenvalue weighted by Gasteiger charge is 2.31. The van der Waals surface area contributed by atoms with Crippen LogP contribution in [0.15, 0.2) is 181 Å². The zero-order valence-electron chi connectivity index (χ0n) is 44.5. The van der Waals surface area contributed by atoms with Crippen LogP contribution in [-0.2, 0) is 11.3 Å². The van der Waals surface area contributed by atoms with Gasteiger partial charge in [-0.3, -0.25) is 19.0 Å². The Bertz CT molecular complexity index is 6330. The molecule has 18 rings (SSSR count). The van der Waals surface area contributed by atoms with Gasteiger partial charge in [-0.2, -0.15) is 0 Å². The molecule has 0 saturated heterocycles. The number of nitrogens with zero attached hydrogens (tertiary/aromatic N) is 3. The molecule has 0 saturated carbocycles. The maximum Gasteiger partial charge on any atom is 0.346 e. The first-order chi connectivity index (χ1) is 42.5. The van der Waals surface area contributed by atoms with Crippen molar-refractivity contribution in [2.75, 3.05) is 0 Å². The Morgan fingerprint density at radius 2 is 0.614 bits per heavy atom. The van der Waals surface area contributed by atoms with Crippen molar-refractivity contribution in [1.82, 2.24) is 13.7 Å². The van der Waals surface area contributed by atoms with Gasteiger partial charge in [-0.05, 0) is 95.7 Å². The predicted octanol–water partition coefficient (Wildman–Crippen LogP) is 20.0. The van der Waals surface area contributed by atoms with Crippen molar-refractivity contribution in [3.63, 3.8) is 0 Å². The summed E-state index contributed by atoms with van der Waals surface area (Å²) in [6.07, 6.45) is 0. The van der Waals surface area contributed by atoms with Crippen molar-refractivity contribution in [2.24, 2.45) is 0 Å². The summed E-state index contributed by atoms with van der Waals surface area (Å²) in [5.74, 6) is -1.33. The number of hydrogen-bond donors (Lipinski definition) is 1. The molecular weight excluding hydrogens is 1280 g/mol. The molecule has 4 aromatic heterocycles. The number of rotatable bonds is 4. The lowest BCUT2D eigenvalue weighted by molar-refractivity contribution is -0.137. The van der Waals surface area contributed by atoms with Gasteiger partial charge in [0.05, 0.1) is 53.7 Å². The zero-order chi connectivity index (χ0) is 60.4. The van der Waals surface area contributed by atoms with Crippen molar-refractivity contribution in [3.05, 3.63) is 239 Å². The molecule has 1 N–H and O–H groups in total. The van der Waals surface area contributed by atoms with E-state index in [2.05, 4.69) is 45.5 Å². The minimum atomic E-state index is -1.33. The first-order valence-corrected chi connectivity index (χ1v) is 30.2. The van der Waals surface area contributed by atoms with Crippen molar-refractivity contribution < 1.29 is 14.3 Å². The molecular formula is C70H29Cl8N3O7. The predicted molar refractivity (Wildman–Crippen MR) is 364 cm³/mol. The molecule has 0 fully saturated rings. The lowest BCUT2D eigenvalue weighted by Gasteiger charge is -2.24. The minimum Gasteiger partial charge on any atom is -0.480 e. The molecule has 10 nitrogen and oxygen atoms in total. The smallest absolute Gasteiger partial charge is 0.346 e. The number of pyridine rings is 3. The second kappa shape index (κ2) is 18.9. The maximum absolute atomic E-state index is 13.6. The van der Waals surface area contributed by atoms with E-state index >= 15 is 0 Å². The van der Waals surface area contributed by atoms with Crippen LogP contribution in [0.4, 0.5) is 0 Å². The molecule has 0 amide bonds. The Hall–Kier alpha value is -8.65. The quantitative estimate of drug-likeness (QED) is 0.137. The average Bonchev–Trinajstić information content (AvgIpc) is 0.686. The summed E-state index contributed by atoms with van der Waals surface area (Å²) in [6.45, 7) is -0.803. The number of halogens is 8. The first kappa shape index (κ1) is 53.6. The highest BCUT2D eigenvalue weighted by molar-refractivity contribution is 6.58. The third-order valence-corrected chi connectivity index (χ3v) is 19.8. The Morgan fingerprint density at radius 1 is 0.318 bits per heavy atom. The van der Waals surface area contributed by atoms with E-state index in [0.717, 1.165) is 76.5 Å². The number of fused-ring (bicyclic) bond motifs is 8. The van der Waals surface area contributed by atoms with Crippen molar-refractivity contribution in [2.45, 2.75) is 6.54 Å². The van der Waals surface area contributed by atoms with Crippen molar-refractivity contribution >= 4 is 250 Å². The number of carboxylic acids is 1. The number of benzene rings is 14. The second-order valence-corrected chi connectivity index (χ2v) is 25.1. The van der Waals surface area contributed by atoms with Crippen LogP contribution in [0.2, 0.25) is 40.2 Å². The number of aromatic nitrogens is 3. The van der Waals surface area contributed by atoms with Crippen LogP contribution in [0, 0.1) is 0 Å². The van der Waals surface area contributed by atoms with Gasteiger partial charge in [-0.15, -0.1) is 0 Å².